The van der Waals surface area contributed by atoms with Gasteiger partial charge in [0, 0.05) is 18.0 Å². The average Bonchev–Trinajstić information content (AvgIpc) is 2.82. The van der Waals surface area contributed by atoms with Crippen molar-refractivity contribution in [1.29, 1.82) is 0 Å². The third kappa shape index (κ3) is 3.78. The quantitative estimate of drug-likeness (QED) is 0.817. The van der Waals surface area contributed by atoms with Crippen LogP contribution in [0, 0.1) is 11.8 Å². The van der Waals surface area contributed by atoms with Crippen molar-refractivity contribution in [2.45, 2.75) is 13.5 Å². The normalized spacial score (nSPS) is 17.7. The Labute approximate surface area is 116 Å². The second-order valence-electron chi connectivity index (χ2n) is 4.94. The summed E-state index contributed by atoms with van der Waals surface area (Å²) in [6, 6.07) is 3.94. The molecule has 1 aliphatic rings. The second kappa shape index (κ2) is 6.16. The number of nitrogens with zero attached hydrogens (tertiary/aromatic N) is 1. The summed E-state index contributed by atoms with van der Waals surface area (Å²) in [6.07, 6.45) is 0. The Morgan fingerprint density at radius 3 is 2.89 bits per heavy atom. The lowest BCUT2D eigenvalue weighted by Crippen LogP contribution is -2.53. The lowest BCUT2D eigenvalue weighted by atomic mass is 9.87. The Hall–Kier alpha value is -1.40. The number of carboxylic acids is 1. The van der Waals surface area contributed by atoms with Crippen molar-refractivity contribution in [3.8, 4) is 0 Å². The molecule has 0 saturated carbocycles. The molecular weight excluding hydrogens is 264 g/mol. The van der Waals surface area contributed by atoms with E-state index in [1.165, 1.54) is 0 Å². The smallest absolute Gasteiger partial charge is 0.306 e. The number of carbonyl (C=O) groups excluding carboxylic acids is 1. The number of aliphatic carboxylic acids is 1. The molecule has 19 heavy (non-hydrogen) atoms. The van der Waals surface area contributed by atoms with E-state index in [1.54, 1.807) is 18.3 Å². The summed E-state index contributed by atoms with van der Waals surface area (Å²) in [4.78, 5) is 25.6. The van der Waals surface area contributed by atoms with Crippen LogP contribution >= 0.6 is 11.3 Å². The minimum absolute atomic E-state index is 0.00479. The molecule has 0 spiro atoms. The minimum atomic E-state index is -0.758. The summed E-state index contributed by atoms with van der Waals surface area (Å²) in [5, 5.41) is 13.7. The van der Waals surface area contributed by atoms with Crippen molar-refractivity contribution in [1.82, 2.24) is 10.2 Å². The summed E-state index contributed by atoms with van der Waals surface area (Å²) in [7, 11) is 0. The maximum atomic E-state index is 11.7. The van der Waals surface area contributed by atoms with Gasteiger partial charge in [0.1, 0.15) is 0 Å². The van der Waals surface area contributed by atoms with Crippen LogP contribution in [0.1, 0.15) is 11.8 Å². The lowest BCUT2D eigenvalue weighted by Gasteiger charge is -2.40. The fourth-order valence-corrected chi connectivity index (χ4v) is 2.76. The van der Waals surface area contributed by atoms with E-state index in [0.29, 0.717) is 26.2 Å². The fraction of sp³-hybridized carbons (Fsp3) is 0.538. The van der Waals surface area contributed by atoms with Crippen LogP contribution in [0.5, 0.6) is 0 Å². The monoisotopic (exact) mass is 282 g/mol. The van der Waals surface area contributed by atoms with Crippen molar-refractivity contribution >= 4 is 23.2 Å². The van der Waals surface area contributed by atoms with Crippen LogP contribution in [0.15, 0.2) is 17.5 Å². The second-order valence-corrected chi connectivity index (χ2v) is 5.97. The molecule has 1 amide bonds. The summed E-state index contributed by atoms with van der Waals surface area (Å²) in [5.74, 6) is -0.922. The highest BCUT2D eigenvalue weighted by atomic mass is 32.1. The first-order valence-electron chi connectivity index (χ1n) is 6.30. The largest absolute Gasteiger partial charge is 0.481 e. The van der Waals surface area contributed by atoms with Gasteiger partial charge in [-0.3, -0.25) is 14.5 Å². The number of hydrogen-bond donors (Lipinski definition) is 2. The van der Waals surface area contributed by atoms with Gasteiger partial charge in [-0.15, -0.1) is 11.3 Å². The van der Waals surface area contributed by atoms with Crippen molar-refractivity contribution in [2.75, 3.05) is 19.6 Å². The van der Waals surface area contributed by atoms with Crippen LogP contribution in [0.2, 0.25) is 0 Å². The highest BCUT2D eigenvalue weighted by molar-refractivity contribution is 7.09. The molecule has 0 radical (unpaired) electrons. The van der Waals surface area contributed by atoms with Gasteiger partial charge in [0.15, 0.2) is 0 Å². The van der Waals surface area contributed by atoms with Gasteiger partial charge in [-0.1, -0.05) is 13.0 Å². The third-order valence-corrected chi connectivity index (χ3v) is 4.37. The first kappa shape index (κ1) is 14.0. The van der Waals surface area contributed by atoms with Crippen LogP contribution in [0.3, 0.4) is 0 Å². The maximum Gasteiger partial charge on any atom is 0.306 e. The lowest BCUT2D eigenvalue weighted by molar-refractivity contribution is -0.145. The number of thiophene rings is 1. The molecule has 0 bridgehead atoms. The van der Waals surface area contributed by atoms with E-state index in [2.05, 4.69) is 5.32 Å². The Balaban J connectivity index is 1.64. The zero-order valence-corrected chi connectivity index (χ0v) is 11.7. The van der Waals surface area contributed by atoms with Crippen molar-refractivity contribution in [3.05, 3.63) is 22.4 Å². The number of rotatable bonds is 6. The molecule has 2 heterocycles. The highest BCUT2D eigenvalue weighted by Gasteiger charge is 2.35. The molecule has 2 N–H and O–H groups in total. The van der Waals surface area contributed by atoms with Crippen molar-refractivity contribution < 1.29 is 14.7 Å². The van der Waals surface area contributed by atoms with Gasteiger partial charge in [-0.25, -0.2) is 0 Å². The van der Waals surface area contributed by atoms with E-state index >= 15 is 0 Å². The molecule has 1 aromatic rings. The molecule has 1 aliphatic heterocycles. The van der Waals surface area contributed by atoms with Gasteiger partial charge < -0.3 is 10.4 Å². The molecular formula is C13H18N2O3S. The fourth-order valence-electron chi connectivity index (χ4n) is 2.11. The molecule has 1 aromatic heterocycles. The molecule has 5 nitrogen and oxygen atoms in total. The van der Waals surface area contributed by atoms with Gasteiger partial charge in [-0.05, 0) is 17.4 Å². The molecule has 1 fully saturated rings. The molecule has 1 unspecified atom stereocenters. The highest BCUT2D eigenvalue weighted by Crippen LogP contribution is 2.23. The zero-order chi connectivity index (χ0) is 13.8. The van der Waals surface area contributed by atoms with Gasteiger partial charge in [0.2, 0.25) is 5.91 Å². The molecule has 0 aliphatic carbocycles. The average molecular weight is 282 g/mol. The maximum absolute atomic E-state index is 11.7. The van der Waals surface area contributed by atoms with Crippen LogP contribution < -0.4 is 5.32 Å². The van der Waals surface area contributed by atoms with Gasteiger partial charge in [0.25, 0.3) is 0 Å². The zero-order valence-electron chi connectivity index (χ0n) is 10.8. The molecule has 2 rings (SSSR count). The van der Waals surface area contributed by atoms with Gasteiger partial charge in [0.05, 0.1) is 19.0 Å². The molecule has 6 heteroatoms. The van der Waals surface area contributed by atoms with Gasteiger partial charge >= 0.3 is 5.97 Å². The van der Waals surface area contributed by atoms with Crippen LogP contribution in [0.4, 0.5) is 0 Å². The van der Waals surface area contributed by atoms with E-state index in [1.807, 2.05) is 22.4 Å². The van der Waals surface area contributed by atoms with E-state index < -0.39 is 5.97 Å². The van der Waals surface area contributed by atoms with Crippen LogP contribution in [-0.2, 0) is 16.1 Å². The topological polar surface area (TPSA) is 69.6 Å². The van der Waals surface area contributed by atoms with Crippen molar-refractivity contribution in [2.24, 2.45) is 11.8 Å². The SMILES string of the molecule is CC(C(=O)O)C1CN(CC(=O)NCc2cccs2)C1. The van der Waals surface area contributed by atoms with E-state index in [4.69, 9.17) is 5.11 Å². The van der Waals surface area contributed by atoms with E-state index in [0.717, 1.165) is 4.88 Å². The number of carboxylic acid groups (broad SMARTS) is 1. The van der Waals surface area contributed by atoms with E-state index in [9.17, 15) is 9.59 Å². The number of carbonyl (C=O) groups is 2. The first-order valence-corrected chi connectivity index (χ1v) is 7.18. The van der Waals surface area contributed by atoms with E-state index in [-0.39, 0.29) is 17.7 Å². The summed E-state index contributed by atoms with van der Waals surface area (Å²) in [5.41, 5.74) is 0. The van der Waals surface area contributed by atoms with Crippen LogP contribution in [-0.4, -0.2) is 41.5 Å². The van der Waals surface area contributed by atoms with Crippen molar-refractivity contribution in [3.63, 3.8) is 0 Å². The number of amides is 1. The standard InChI is InChI=1S/C13H18N2O3S/c1-9(13(17)18)10-6-15(7-10)8-12(16)14-5-11-3-2-4-19-11/h2-4,9-10H,5-8H2,1H3,(H,14,16)(H,17,18). The first-order chi connectivity index (χ1) is 9.06. The number of hydrogen-bond acceptors (Lipinski definition) is 4. The third-order valence-electron chi connectivity index (χ3n) is 3.49. The van der Waals surface area contributed by atoms with Gasteiger partial charge in [-0.2, -0.15) is 0 Å². The summed E-state index contributed by atoms with van der Waals surface area (Å²) < 4.78 is 0. The molecule has 1 atom stereocenters. The summed E-state index contributed by atoms with van der Waals surface area (Å²) >= 11 is 1.62. The number of likely N-dealkylation sites (tertiary alicyclic amines) is 1. The Kier molecular flexibility index (Phi) is 4.55. The van der Waals surface area contributed by atoms with Crippen LogP contribution in [0.25, 0.3) is 0 Å². The molecule has 0 aromatic carbocycles. The molecule has 1 saturated heterocycles. The number of nitrogens with one attached hydrogen (secondary N) is 1. The minimum Gasteiger partial charge on any atom is -0.481 e. The summed E-state index contributed by atoms with van der Waals surface area (Å²) in [6.45, 7) is 4.04. The Morgan fingerprint density at radius 1 is 1.58 bits per heavy atom. The Morgan fingerprint density at radius 2 is 2.32 bits per heavy atom. The Bertz CT molecular complexity index is 441. The predicted octanol–water partition coefficient (Wildman–Crippen LogP) is 1.02. The molecule has 104 valence electrons. The predicted molar refractivity (Wildman–Crippen MR) is 72.9 cm³/mol.